The van der Waals surface area contributed by atoms with Crippen molar-refractivity contribution in [3.63, 3.8) is 0 Å². The summed E-state index contributed by atoms with van der Waals surface area (Å²) in [5.74, 6) is 0.757. The van der Waals surface area contributed by atoms with Crippen molar-refractivity contribution in [3.05, 3.63) is 65.4 Å². The number of aryl methyl sites for hydroxylation is 1. The van der Waals surface area contributed by atoms with E-state index >= 15 is 0 Å². The average Bonchev–Trinajstić information content (AvgIpc) is 3.13. The number of aliphatic imine (C=N–C) groups is 1. The predicted octanol–water partition coefficient (Wildman–Crippen LogP) is 4.60. The summed E-state index contributed by atoms with van der Waals surface area (Å²) in [6.45, 7) is 7.31. The number of aromatic amines is 1. The first-order chi connectivity index (χ1) is 14.5. The minimum atomic E-state index is -0.0332. The third-order valence-electron chi connectivity index (χ3n) is 5.04. The molecule has 0 bridgehead atoms. The lowest BCUT2D eigenvalue weighted by molar-refractivity contribution is -0.118. The standard InChI is InChI=1S/C24H31N5O.HI/c1-16(2)23(30)29-20-8-6-18(7-9-20)14-28-24(25-4)26-12-11-19-15-27-22-13-17(3)5-10-21(19)22;/h5-10,13,15-16,27H,11-12,14H2,1-4H3,(H,29,30)(H2,25,26,28);1H. The van der Waals surface area contributed by atoms with E-state index in [-0.39, 0.29) is 35.8 Å². The molecule has 2 aromatic carbocycles. The molecule has 0 fully saturated rings. The molecule has 0 saturated heterocycles. The first-order valence-electron chi connectivity index (χ1n) is 10.4. The van der Waals surface area contributed by atoms with E-state index in [0.717, 1.165) is 30.2 Å². The fourth-order valence-corrected chi connectivity index (χ4v) is 3.22. The molecular formula is C24H32IN5O. The number of anilines is 1. The number of guanidine groups is 1. The summed E-state index contributed by atoms with van der Waals surface area (Å²) in [5, 5.41) is 10.9. The third-order valence-corrected chi connectivity index (χ3v) is 5.04. The van der Waals surface area contributed by atoms with Crippen LogP contribution < -0.4 is 16.0 Å². The Balaban J connectivity index is 0.00000341. The second-order valence-corrected chi connectivity index (χ2v) is 7.81. The Kier molecular flexibility index (Phi) is 9.36. The summed E-state index contributed by atoms with van der Waals surface area (Å²) in [6.07, 6.45) is 3.00. The molecule has 0 unspecified atom stereocenters. The molecule has 4 N–H and O–H groups in total. The smallest absolute Gasteiger partial charge is 0.226 e. The van der Waals surface area contributed by atoms with E-state index in [9.17, 15) is 4.79 Å². The summed E-state index contributed by atoms with van der Waals surface area (Å²) in [7, 11) is 1.77. The molecule has 1 heterocycles. The lowest BCUT2D eigenvalue weighted by Gasteiger charge is -2.12. The van der Waals surface area contributed by atoms with Gasteiger partial charge in [0.25, 0.3) is 0 Å². The van der Waals surface area contributed by atoms with E-state index in [2.05, 4.69) is 57.2 Å². The third kappa shape index (κ3) is 6.99. The molecule has 3 rings (SSSR count). The van der Waals surface area contributed by atoms with Gasteiger partial charge in [0, 0.05) is 48.8 Å². The van der Waals surface area contributed by atoms with Crippen LogP contribution in [0.4, 0.5) is 5.69 Å². The van der Waals surface area contributed by atoms with Crippen LogP contribution in [0.1, 0.15) is 30.5 Å². The van der Waals surface area contributed by atoms with E-state index < -0.39 is 0 Å². The molecule has 0 saturated carbocycles. The van der Waals surface area contributed by atoms with Crippen LogP contribution >= 0.6 is 24.0 Å². The van der Waals surface area contributed by atoms with Gasteiger partial charge in [-0.3, -0.25) is 9.79 Å². The summed E-state index contributed by atoms with van der Waals surface area (Å²) < 4.78 is 0. The fourth-order valence-electron chi connectivity index (χ4n) is 3.22. The molecule has 0 atom stereocenters. The van der Waals surface area contributed by atoms with Gasteiger partial charge in [-0.25, -0.2) is 0 Å². The van der Waals surface area contributed by atoms with Gasteiger partial charge in [-0.05, 0) is 48.2 Å². The van der Waals surface area contributed by atoms with Crippen molar-refractivity contribution in [1.29, 1.82) is 0 Å². The number of nitrogens with one attached hydrogen (secondary N) is 4. The molecular weight excluding hydrogens is 501 g/mol. The van der Waals surface area contributed by atoms with Crippen molar-refractivity contribution in [2.45, 2.75) is 33.7 Å². The van der Waals surface area contributed by atoms with E-state index in [4.69, 9.17) is 0 Å². The van der Waals surface area contributed by atoms with Gasteiger partial charge >= 0.3 is 0 Å². The van der Waals surface area contributed by atoms with Gasteiger partial charge < -0.3 is 20.9 Å². The minimum Gasteiger partial charge on any atom is -0.361 e. The normalized spacial score (nSPS) is 11.3. The van der Waals surface area contributed by atoms with Crippen molar-refractivity contribution < 1.29 is 4.79 Å². The van der Waals surface area contributed by atoms with Crippen molar-refractivity contribution in [3.8, 4) is 0 Å². The Morgan fingerprint density at radius 2 is 1.84 bits per heavy atom. The van der Waals surface area contributed by atoms with Gasteiger partial charge in [0.2, 0.25) is 5.91 Å². The molecule has 0 aliphatic rings. The number of hydrogen-bond acceptors (Lipinski definition) is 2. The SMILES string of the molecule is CN=C(NCCc1c[nH]c2cc(C)ccc12)NCc1ccc(NC(=O)C(C)C)cc1.I. The van der Waals surface area contributed by atoms with Crippen molar-refractivity contribution in [2.24, 2.45) is 10.9 Å². The highest BCUT2D eigenvalue weighted by molar-refractivity contribution is 14.0. The summed E-state index contributed by atoms with van der Waals surface area (Å²) in [4.78, 5) is 19.4. The lowest BCUT2D eigenvalue weighted by atomic mass is 10.1. The zero-order chi connectivity index (χ0) is 21.5. The predicted molar refractivity (Wildman–Crippen MR) is 140 cm³/mol. The number of carbonyl (C=O) groups is 1. The second kappa shape index (κ2) is 11.7. The number of amides is 1. The molecule has 0 aliphatic heterocycles. The summed E-state index contributed by atoms with van der Waals surface area (Å²) in [6, 6.07) is 14.4. The van der Waals surface area contributed by atoms with Gasteiger partial charge in [-0.2, -0.15) is 0 Å². The van der Waals surface area contributed by atoms with E-state index in [1.54, 1.807) is 7.05 Å². The van der Waals surface area contributed by atoms with Crippen LogP contribution in [0.15, 0.2) is 53.7 Å². The quantitative estimate of drug-likeness (QED) is 0.204. The molecule has 6 nitrogen and oxygen atoms in total. The zero-order valence-corrected chi connectivity index (χ0v) is 20.9. The maximum Gasteiger partial charge on any atom is 0.226 e. The Labute approximate surface area is 201 Å². The fraction of sp³-hybridized carbons (Fsp3) is 0.333. The van der Waals surface area contributed by atoms with E-state index in [1.165, 1.54) is 22.0 Å². The van der Waals surface area contributed by atoms with Crippen molar-refractivity contribution in [1.82, 2.24) is 15.6 Å². The van der Waals surface area contributed by atoms with E-state index in [0.29, 0.717) is 6.54 Å². The molecule has 3 aromatic rings. The highest BCUT2D eigenvalue weighted by Crippen LogP contribution is 2.19. The largest absolute Gasteiger partial charge is 0.361 e. The molecule has 31 heavy (non-hydrogen) atoms. The van der Waals surface area contributed by atoms with Gasteiger partial charge in [0.05, 0.1) is 0 Å². The zero-order valence-electron chi connectivity index (χ0n) is 18.6. The van der Waals surface area contributed by atoms with E-state index in [1.807, 2.05) is 38.1 Å². The van der Waals surface area contributed by atoms with Crippen molar-refractivity contribution in [2.75, 3.05) is 18.9 Å². The number of nitrogens with zero attached hydrogens (tertiary/aromatic N) is 1. The number of halogens is 1. The summed E-state index contributed by atoms with van der Waals surface area (Å²) >= 11 is 0. The Morgan fingerprint density at radius 1 is 1.10 bits per heavy atom. The molecule has 0 radical (unpaired) electrons. The Bertz CT molecular complexity index is 1020. The van der Waals surface area contributed by atoms with Crippen LogP contribution in [0.25, 0.3) is 10.9 Å². The first-order valence-corrected chi connectivity index (χ1v) is 10.4. The molecule has 0 aliphatic carbocycles. The van der Waals surface area contributed by atoms with Crippen LogP contribution in [0.5, 0.6) is 0 Å². The Hall–Kier alpha value is -2.55. The number of carbonyl (C=O) groups excluding carboxylic acids is 1. The van der Waals surface area contributed by atoms with Gasteiger partial charge in [0.15, 0.2) is 5.96 Å². The molecule has 1 aromatic heterocycles. The number of fused-ring (bicyclic) bond motifs is 1. The average molecular weight is 533 g/mol. The first kappa shape index (κ1) is 24.7. The van der Waals surface area contributed by atoms with Gasteiger partial charge in [0.1, 0.15) is 0 Å². The van der Waals surface area contributed by atoms with Crippen LogP contribution in [-0.2, 0) is 17.8 Å². The van der Waals surface area contributed by atoms with Crippen LogP contribution in [0.2, 0.25) is 0 Å². The van der Waals surface area contributed by atoms with Crippen molar-refractivity contribution >= 4 is 52.4 Å². The van der Waals surface area contributed by atoms with Gasteiger partial charge in [-0.15, -0.1) is 24.0 Å². The minimum absolute atomic E-state index is 0. The highest BCUT2D eigenvalue weighted by atomic mass is 127. The lowest BCUT2D eigenvalue weighted by Crippen LogP contribution is -2.37. The second-order valence-electron chi connectivity index (χ2n) is 7.81. The topological polar surface area (TPSA) is 81.3 Å². The monoisotopic (exact) mass is 533 g/mol. The number of benzene rings is 2. The maximum atomic E-state index is 11.8. The number of H-pyrrole nitrogens is 1. The van der Waals surface area contributed by atoms with Gasteiger partial charge in [-0.1, -0.05) is 38.1 Å². The molecule has 7 heteroatoms. The highest BCUT2D eigenvalue weighted by Gasteiger charge is 2.07. The Morgan fingerprint density at radius 3 is 2.52 bits per heavy atom. The van der Waals surface area contributed by atoms with Crippen LogP contribution in [0.3, 0.4) is 0 Å². The van der Waals surface area contributed by atoms with Crippen LogP contribution in [-0.4, -0.2) is 30.4 Å². The molecule has 1 amide bonds. The number of aromatic nitrogens is 1. The number of hydrogen-bond donors (Lipinski definition) is 4. The number of rotatable bonds is 7. The molecule has 0 spiro atoms. The maximum absolute atomic E-state index is 11.8. The molecule has 166 valence electrons. The van der Waals surface area contributed by atoms with Crippen LogP contribution in [0, 0.1) is 12.8 Å². The summed E-state index contributed by atoms with van der Waals surface area (Å²) in [5.41, 5.74) is 5.67.